The van der Waals surface area contributed by atoms with Gasteiger partial charge >= 0.3 is 5.97 Å². The number of nitro groups is 1. The quantitative estimate of drug-likeness (QED) is 0.611. The van der Waals surface area contributed by atoms with Gasteiger partial charge in [-0.3, -0.25) is 24.7 Å². The van der Waals surface area contributed by atoms with Gasteiger partial charge in [0.1, 0.15) is 6.20 Å². The van der Waals surface area contributed by atoms with Crippen LogP contribution in [0.2, 0.25) is 0 Å². The van der Waals surface area contributed by atoms with E-state index in [1.54, 1.807) is 27.7 Å². The van der Waals surface area contributed by atoms with Gasteiger partial charge in [0.15, 0.2) is 0 Å². The smallest absolute Gasteiger partial charge is 0.305 e. The number of amides is 1. The van der Waals surface area contributed by atoms with Gasteiger partial charge in [0, 0.05) is 6.07 Å². The number of carboxylic acids is 1. The number of nitrogens with one attached hydrogen (secondary N) is 1. The number of aryl methyl sites for hydroxylation is 1. The van der Waals surface area contributed by atoms with Crippen LogP contribution in [0.1, 0.15) is 43.2 Å². The van der Waals surface area contributed by atoms with E-state index in [1.165, 1.54) is 0 Å². The molecule has 0 aliphatic heterocycles. The molecule has 0 saturated carbocycles. The van der Waals surface area contributed by atoms with E-state index in [9.17, 15) is 19.7 Å². The topological polar surface area (TPSA) is 122 Å². The number of carbonyl (C=O) groups excluding carboxylic acids is 1. The summed E-state index contributed by atoms with van der Waals surface area (Å²) in [7, 11) is 0. The normalized spacial score (nSPS) is 13.5. The number of aliphatic carboxylic acids is 1. The van der Waals surface area contributed by atoms with Crippen molar-refractivity contribution in [3.8, 4) is 0 Å². The maximum atomic E-state index is 12.4. The number of aromatic nitrogens is 1. The van der Waals surface area contributed by atoms with Crippen molar-refractivity contribution in [1.29, 1.82) is 0 Å². The van der Waals surface area contributed by atoms with Gasteiger partial charge < -0.3 is 10.4 Å². The molecular weight excluding hydrogens is 290 g/mol. The highest BCUT2D eigenvalue weighted by atomic mass is 16.6. The SMILES string of the molecule is Cc1ncc([N+](=O)[O-])cc1C(=O)NC(C)(CC(=O)O)C(C)C. The maximum Gasteiger partial charge on any atom is 0.305 e. The van der Waals surface area contributed by atoms with Gasteiger partial charge in [-0.2, -0.15) is 0 Å². The molecule has 0 radical (unpaired) electrons. The molecule has 8 nitrogen and oxygen atoms in total. The third-order valence-corrected chi connectivity index (χ3v) is 3.72. The molecule has 120 valence electrons. The van der Waals surface area contributed by atoms with Crippen molar-refractivity contribution in [2.75, 3.05) is 0 Å². The first kappa shape index (κ1) is 17.5. The molecular formula is C14H19N3O5. The molecule has 2 N–H and O–H groups in total. The fraction of sp³-hybridized carbons (Fsp3) is 0.500. The van der Waals surface area contributed by atoms with E-state index in [0.29, 0.717) is 5.69 Å². The average molecular weight is 309 g/mol. The Labute approximate surface area is 127 Å². The third-order valence-electron chi connectivity index (χ3n) is 3.72. The Bertz CT molecular complexity index is 614. The van der Waals surface area contributed by atoms with Crippen molar-refractivity contribution in [3.05, 3.63) is 33.6 Å². The lowest BCUT2D eigenvalue weighted by molar-refractivity contribution is -0.385. The predicted molar refractivity (Wildman–Crippen MR) is 78.6 cm³/mol. The first-order valence-electron chi connectivity index (χ1n) is 6.72. The second-order valence-electron chi connectivity index (χ2n) is 5.68. The highest BCUT2D eigenvalue weighted by Gasteiger charge is 2.33. The van der Waals surface area contributed by atoms with Crippen LogP contribution in [0, 0.1) is 23.0 Å². The van der Waals surface area contributed by atoms with Crippen LogP contribution >= 0.6 is 0 Å². The van der Waals surface area contributed by atoms with Gasteiger partial charge in [0.2, 0.25) is 0 Å². The van der Waals surface area contributed by atoms with Gasteiger partial charge in [-0.05, 0) is 19.8 Å². The summed E-state index contributed by atoms with van der Waals surface area (Å²) in [6.07, 6.45) is 0.822. The van der Waals surface area contributed by atoms with Crippen molar-refractivity contribution in [3.63, 3.8) is 0 Å². The summed E-state index contributed by atoms with van der Waals surface area (Å²) in [6.45, 7) is 6.77. The summed E-state index contributed by atoms with van der Waals surface area (Å²) >= 11 is 0. The zero-order valence-corrected chi connectivity index (χ0v) is 12.9. The van der Waals surface area contributed by atoms with Crippen LogP contribution in [0.15, 0.2) is 12.3 Å². The summed E-state index contributed by atoms with van der Waals surface area (Å²) in [5.74, 6) is -1.75. The Morgan fingerprint density at radius 1 is 1.50 bits per heavy atom. The van der Waals surface area contributed by atoms with Gasteiger partial charge in [-0.15, -0.1) is 0 Å². The van der Waals surface area contributed by atoms with E-state index in [-0.39, 0.29) is 23.6 Å². The van der Waals surface area contributed by atoms with E-state index in [1.807, 2.05) is 0 Å². The van der Waals surface area contributed by atoms with Crippen LogP contribution < -0.4 is 5.32 Å². The first-order valence-corrected chi connectivity index (χ1v) is 6.72. The molecule has 1 heterocycles. The number of carbonyl (C=O) groups is 2. The third kappa shape index (κ3) is 4.00. The Morgan fingerprint density at radius 3 is 2.55 bits per heavy atom. The number of hydrogen-bond donors (Lipinski definition) is 2. The molecule has 0 fully saturated rings. The number of rotatable bonds is 6. The summed E-state index contributed by atoms with van der Waals surface area (Å²) in [4.78, 5) is 37.4. The van der Waals surface area contributed by atoms with Gasteiger partial charge in [-0.25, -0.2) is 0 Å². The standard InChI is InChI=1S/C14H19N3O5/c1-8(2)14(4,6-12(18)19)16-13(20)11-5-10(17(21)22)7-15-9(11)3/h5,7-8H,6H2,1-4H3,(H,16,20)(H,18,19). The van der Waals surface area contributed by atoms with Crippen LogP contribution in [0.4, 0.5) is 5.69 Å². The Hall–Kier alpha value is -2.51. The molecule has 1 rings (SSSR count). The summed E-state index contributed by atoms with van der Waals surface area (Å²) < 4.78 is 0. The molecule has 8 heteroatoms. The maximum absolute atomic E-state index is 12.4. The zero-order valence-electron chi connectivity index (χ0n) is 12.9. The van der Waals surface area contributed by atoms with Gasteiger partial charge in [-0.1, -0.05) is 13.8 Å². The van der Waals surface area contributed by atoms with Crippen LogP contribution in [0.5, 0.6) is 0 Å². The van der Waals surface area contributed by atoms with Gasteiger partial charge in [0.05, 0.1) is 28.1 Å². The lowest BCUT2D eigenvalue weighted by atomic mass is 9.85. The molecule has 0 aliphatic carbocycles. The summed E-state index contributed by atoms with van der Waals surface area (Å²) in [5, 5.41) is 22.4. The van der Waals surface area contributed by atoms with Crippen LogP contribution in [0.3, 0.4) is 0 Å². The molecule has 0 spiro atoms. The van der Waals surface area contributed by atoms with Crippen LogP contribution in [-0.4, -0.2) is 32.4 Å². The minimum absolute atomic E-state index is 0.0615. The van der Waals surface area contributed by atoms with Gasteiger partial charge in [0.25, 0.3) is 11.6 Å². The van der Waals surface area contributed by atoms with Crippen molar-refractivity contribution >= 4 is 17.6 Å². The fourth-order valence-electron chi connectivity index (χ4n) is 1.89. The van der Waals surface area contributed by atoms with Crippen molar-refractivity contribution < 1.29 is 19.6 Å². The molecule has 0 bridgehead atoms. The summed E-state index contributed by atoms with van der Waals surface area (Å²) in [5.41, 5.74) is -0.865. The molecule has 1 amide bonds. The summed E-state index contributed by atoms with van der Waals surface area (Å²) in [6, 6.07) is 1.14. The molecule has 0 aliphatic rings. The molecule has 1 aromatic rings. The largest absolute Gasteiger partial charge is 0.481 e. The second kappa shape index (κ2) is 6.50. The fourth-order valence-corrected chi connectivity index (χ4v) is 1.89. The first-order chi connectivity index (χ1) is 10.1. The predicted octanol–water partition coefficient (Wildman–Crippen LogP) is 1.92. The van der Waals surface area contributed by atoms with E-state index < -0.39 is 22.3 Å². The molecule has 1 atom stereocenters. The van der Waals surface area contributed by atoms with Crippen molar-refractivity contribution in [2.24, 2.45) is 5.92 Å². The minimum Gasteiger partial charge on any atom is -0.481 e. The van der Waals surface area contributed by atoms with E-state index in [0.717, 1.165) is 12.3 Å². The molecule has 1 unspecified atom stereocenters. The molecule has 22 heavy (non-hydrogen) atoms. The lowest BCUT2D eigenvalue weighted by Gasteiger charge is -2.33. The molecule has 0 aromatic carbocycles. The van der Waals surface area contributed by atoms with E-state index >= 15 is 0 Å². The van der Waals surface area contributed by atoms with Crippen molar-refractivity contribution in [2.45, 2.75) is 39.7 Å². The highest BCUT2D eigenvalue weighted by Crippen LogP contribution is 2.23. The van der Waals surface area contributed by atoms with E-state index in [4.69, 9.17) is 5.11 Å². The Morgan fingerprint density at radius 2 is 2.09 bits per heavy atom. The minimum atomic E-state index is -1.04. The highest BCUT2D eigenvalue weighted by molar-refractivity contribution is 5.96. The second-order valence-corrected chi connectivity index (χ2v) is 5.68. The molecule has 0 saturated heterocycles. The number of hydrogen-bond acceptors (Lipinski definition) is 5. The zero-order chi connectivity index (χ0) is 17.1. The Kier molecular flexibility index (Phi) is 5.19. The average Bonchev–Trinajstić information content (AvgIpc) is 2.37. The van der Waals surface area contributed by atoms with Crippen LogP contribution in [0.25, 0.3) is 0 Å². The number of nitrogens with zero attached hydrogens (tertiary/aromatic N) is 2. The molecule has 1 aromatic heterocycles. The lowest BCUT2D eigenvalue weighted by Crippen LogP contribution is -2.51. The van der Waals surface area contributed by atoms with E-state index in [2.05, 4.69) is 10.3 Å². The van der Waals surface area contributed by atoms with Crippen LogP contribution in [-0.2, 0) is 4.79 Å². The monoisotopic (exact) mass is 309 g/mol. The number of pyridine rings is 1. The number of carboxylic acid groups (broad SMARTS) is 1. The Balaban J connectivity index is 3.12. The van der Waals surface area contributed by atoms with Crippen molar-refractivity contribution in [1.82, 2.24) is 10.3 Å².